The van der Waals surface area contributed by atoms with E-state index < -0.39 is 0 Å². The Morgan fingerprint density at radius 3 is 2.33 bits per heavy atom. The van der Waals surface area contributed by atoms with Crippen molar-refractivity contribution in [3.63, 3.8) is 0 Å². The number of hydrogen-bond donors (Lipinski definition) is 1. The van der Waals surface area contributed by atoms with Crippen LogP contribution in [0.15, 0.2) is 0 Å². The van der Waals surface area contributed by atoms with Gasteiger partial charge in [0.15, 0.2) is 0 Å². The highest BCUT2D eigenvalue weighted by molar-refractivity contribution is 4.79. The summed E-state index contributed by atoms with van der Waals surface area (Å²) < 4.78 is 0. The first-order valence-corrected chi connectivity index (χ1v) is 5.23. The van der Waals surface area contributed by atoms with Gasteiger partial charge in [-0.05, 0) is 30.6 Å². The molecule has 0 radical (unpaired) electrons. The monoisotopic (exact) mass is 169 g/mol. The van der Waals surface area contributed by atoms with Gasteiger partial charge in [-0.1, -0.05) is 33.6 Å². The summed E-state index contributed by atoms with van der Waals surface area (Å²) in [5.74, 6) is 0.986. The van der Waals surface area contributed by atoms with Crippen molar-refractivity contribution in [2.45, 2.75) is 58.9 Å². The molecule has 0 spiro atoms. The largest absolute Gasteiger partial charge is 0.328 e. The summed E-state index contributed by atoms with van der Waals surface area (Å²) >= 11 is 0. The third-order valence-corrected chi connectivity index (χ3v) is 2.60. The number of nitrogens with two attached hydrogens (primary N) is 1. The molecule has 1 heteroatoms. The minimum atomic E-state index is 0.459. The first-order chi connectivity index (χ1) is 5.47. The van der Waals surface area contributed by atoms with Crippen LogP contribution in [0.3, 0.4) is 0 Å². The fourth-order valence-electron chi connectivity index (χ4n) is 1.52. The molecule has 1 atom stereocenters. The SMILES string of the molecule is CC(C)(C)CCC(N)CC1CC1. The van der Waals surface area contributed by atoms with Gasteiger partial charge in [0, 0.05) is 6.04 Å². The Morgan fingerprint density at radius 1 is 1.33 bits per heavy atom. The summed E-state index contributed by atoms with van der Waals surface area (Å²) in [5.41, 5.74) is 6.48. The third kappa shape index (κ3) is 4.76. The molecule has 0 bridgehead atoms. The zero-order chi connectivity index (χ0) is 9.19. The Bertz CT molecular complexity index is 130. The molecule has 1 rings (SSSR count). The molecule has 1 saturated carbocycles. The van der Waals surface area contributed by atoms with Gasteiger partial charge in [0.25, 0.3) is 0 Å². The van der Waals surface area contributed by atoms with Crippen molar-refractivity contribution in [2.24, 2.45) is 17.1 Å². The molecule has 0 aromatic rings. The molecule has 0 saturated heterocycles. The Morgan fingerprint density at radius 2 is 1.92 bits per heavy atom. The minimum absolute atomic E-state index is 0.459. The fourth-order valence-corrected chi connectivity index (χ4v) is 1.52. The molecule has 0 aliphatic heterocycles. The highest BCUT2D eigenvalue weighted by Gasteiger charge is 2.24. The second kappa shape index (κ2) is 3.78. The van der Waals surface area contributed by atoms with Crippen LogP contribution in [0.1, 0.15) is 52.9 Å². The summed E-state index contributed by atoms with van der Waals surface area (Å²) in [7, 11) is 0. The predicted molar refractivity (Wildman–Crippen MR) is 54.0 cm³/mol. The molecular formula is C11H23N. The van der Waals surface area contributed by atoms with Gasteiger partial charge in [0.2, 0.25) is 0 Å². The second-order valence-corrected chi connectivity index (χ2v) is 5.54. The standard InChI is InChI=1S/C11H23N/c1-11(2,3)7-6-10(12)8-9-4-5-9/h9-10H,4-8,12H2,1-3H3. The van der Waals surface area contributed by atoms with Crippen LogP contribution in [0.4, 0.5) is 0 Å². The minimum Gasteiger partial charge on any atom is -0.328 e. The second-order valence-electron chi connectivity index (χ2n) is 5.54. The Kier molecular flexibility index (Phi) is 3.16. The van der Waals surface area contributed by atoms with Gasteiger partial charge >= 0.3 is 0 Å². The average molecular weight is 169 g/mol. The van der Waals surface area contributed by atoms with Crippen LogP contribution < -0.4 is 5.73 Å². The first-order valence-electron chi connectivity index (χ1n) is 5.23. The zero-order valence-corrected chi connectivity index (χ0v) is 8.77. The van der Waals surface area contributed by atoms with Gasteiger partial charge in [-0.2, -0.15) is 0 Å². The number of rotatable bonds is 4. The van der Waals surface area contributed by atoms with Crippen molar-refractivity contribution in [3.8, 4) is 0 Å². The molecule has 0 aromatic heterocycles. The van der Waals surface area contributed by atoms with E-state index in [-0.39, 0.29) is 0 Å². The van der Waals surface area contributed by atoms with Crippen molar-refractivity contribution in [1.82, 2.24) is 0 Å². The quantitative estimate of drug-likeness (QED) is 0.688. The predicted octanol–water partition coefficient (Wildman–Crippen LogP) is 2.94. The maximum atomic E-state index is 6.02. The van der Waals surface area contributed by atoms with Crippen molar-refractivity contribution in [2.75, 3.05) is 0 Å². The van der Waals surface area contributed by atoms with Gasteiger partial charge in [0.1, 0.15) is 0 Å². The van der Waals surface area contributed by atoms with Crippen molar-refractivity contribution in [1.29, 1.82) is 0 Å². The molecule has 72 valence electrons. The molecule has 1 nitrogen and oxygen atoms in total. The fraction of sp³-hybridized carbons (Fsp3) is 1.00. The van der Waals surface area contributed by atoms with Gasteiger partial charge in [0.05, 0.1) is 0 Å². The average Bonchev–Trinajstić information content (AvgIpc) is 2.66. The molecule has 1 aliphatic rings. The summed E-state index contributed by atoms with van der Waals surface area (Å²) in [6.07, 6.45) is 6.61. The van der Waals surface area contributed by atoms with Gasteiger partial charge < -0.3 is 5.73 Å². The maximum Gasteiger partial charge on any atom is 0.00416 e. The maximum absolute atomic E-state index is 6.02. The molecule has 1 aliphatic carbocycles. The zero-order valence-electron chi connectivity index (χ0n) is 8.77. The lowest BCUT2D eigenvalue weighted by atomic mass is 9.88. The lowest BCUT2D eigenvalue weighted by Gasteiger charge is -2.20. The molecule has 1 unspecified atom stereocenters. The van der Waals surface area contributed by atoms with E-state index in [1.54, 1.807) is 0 Å². The normalized spacial score (nSPS) is 21.0. The lowest BCUT2D eigenvalue weighted by molar-refractivity contribution is 0.340. The molecule has 2 N–H and O–H groups in total. The van der Waals surface area contributed by atoms with Crippen LogP contribution in [0.5, 0.6) is 0 Å². The number of hydrogen-bond acceptors (Lipinski definition) is 1. The highest BCUT2D eigenvalue weighted by atomic mass is 14.6. The first kappa shape index (κ1) is 10.0. The molecule has 0 aromatic carbocycles. The molecule has 12 heavy (non-hydrogen) atoms. The van der Waals surface area contributed by atoms with Crippen LogP contribution in [-0.2, 0) is 0 Å². The Hall–Kier alpha value is -0.0400. The molecular weight excluding hydrogens is 146 g/mol. The third-order valence-electron chi connectivity index (χ3n) is 2.60. The van der Waals surface area contributed by atoms with Crippen molar-refractivity contribution in [3.05, 3.63) is 0 Å². The van der Waals surface area contributed by atoms with Crippen LogP contribution in [0, 0.1) is 11.3 Å². The van der Waals surface area contributed by atoms with Crippen LogP contribution in [0.2, 0.25) is 0 Å². The van der Waals surface area contributed by atoms with E-state index in [0.717, 1.165) is 5.92 Å². The van der Waals surface area contributed by atoms with E-state index in [2.05, 4.69) is 20.8 Å². The van der Waals surface area contributed by atoms with E-state index in [9.17, 15) is 0 Å². The Labute approximate surface area is 76.7 Å². The highest BCUT2D eigenvalue weighted by Crippen LogP contribution is 2.34. The summed E-state index contributed by atoms with van der Waals surface area (Å²) in [6, 6.07) is 0.469. The summed E-state index contributed by atoms with van der Waals surface area (Å²) in [6.45, 7) is 6.87. The summed E-state index contributed by atoms with van der Waals surface area (Å²) in [5, 5.41) is 0. The van der Waals surface area contributed by atoms with Crippen molar-refractivity contribution >= 4 is 0 Å². The summed E-state index contributed by atoms with van der Waals surface area (Å²) in [4.78, 5) is 0. The van der Waals surface area contributed by atoms with E-state index in [1.165, 1.54) is 32.1 Å². The molecule has 0 amide bonds. The molecule has 0 heterocycles. The van der Waals surface area contributed by atoms with Crippen LogP contribution in [-0.4, -0.2) is 6.04 Å². The van der Waals surface area contributed by atoms with Gasteiger partial charge in [-0.15, -0.1) is 0 Å². The van der Waals surface area contributed by atoms with Crippen molar-refractivity contribution < 1.29 is 0 Å². The lowest BCUT2D eigenvalue weighted by Crippen LogP contribution is -2.22. The van der Waals surface area contributed by atoms with Crippen LogP contribution in [0.25, 0.3) is 0 Å². The van der Waals surface area contributed by atoms with Gasteiger partial charge in [-0.3, -0.25) is 0 Å². The Balaban J connectivity index is 2.04. The van der Waals surface area contributed by atoms with E-state index >= 15 is 0 Å². The smallest absolute Gasteiger partial charge is 0.00416 e. The van der Waals surface area contributed by atoms with Crippen LogP contribution >= 0.6 is 0 Å². The topological polar surface area (TPSA) is 26.0 Å². The van der Waals surface area contributed by atoms with E-state index in [1.807, 2.05) is 0 Å². The van der Waals surface area contributed by atoms with E-state index in [0.29, 0.717) is 11.5 Å². The van der Waals surface area contributed by atoms with E-state index in [4.69, 9.17) is 5.73 Å². The van der Waals surface area contributed by atoms with Gasteiger partial charge in [-0.25, -0.2) is 0 Å². The molecule has 1 fully saturated rings.